The highest BCUT2D eigenvalue weighted by Crippen LogP contribution is 2.33. The zero-order valence-electron chi connectivity index (χ0n) is 11.0. The monoisotopic (exact) mass is 239 g/mol. The summed E-state index contributed by atoms with van der Waals surface area (Å²) >= 11 is 0. The number of amides is 1. The van der Waals surface area contributed by atoms with Gasteiger partial charge in [0.2, 0.25) is 0 Å². The van der Waals surface area contributed by atoms with Crippen molar-refractivity contribution in [1.82, 2.24) is 5.32 Å². The number of ketones is 1. The van der Waals surface area contributed by atoms with Gasteiger partial charge in [-0.2, -0.15) is 0 Å². The van der Waals surface area contributed by atoms with Gasteiger partial charge in [0.1, 0.15) is 11.1 Å². The molecule has 1 rings (SSSR count). The summed E-state index contributed by atoms with van der Waals surface area (Å²) in [6.45, 7) is 7.19. The van der Waals surface area contributed by atoms with Crippen LogP contribution in [0, 0.1) is 0 Å². The lowest BCUT2D eigenvalue weighted by Gasteiger charge is -2.40. The van der Waals surface area contributed by atoms with E-state index in [0.29, 0.717) is 12.8 Å². The van der Waals surface area contributed by atoms with Crippen molar-refractivity contribution in [2.75, 3.05) is 0 Å². The Morgan fingerprint density at radius 3 is 2.24 bits per heavy atom. The number of carbonyl (C=O) groups excluding carboxylic acids is 2. The second kappa shape index (κ2) is 4.90. The molecule has 1 aliphatic rings. The lowest BCUT2D eigenvalue weighted by atomic mass is 9.73. The van der Waals surface area contributed by atoms with E-state index in [4.69, 9.17) is 4.74 Å². The largest absolute Gasteiger partial charge is 0.444 e. The van der Waals surface area contributed by atoms with Crippen LogP contribution < -0.4 is 5.32 Å². The van der Waals surface area contributed by atoms with Crippen molar-refractivity contribution in [2.24, 2.45) is 0 Å². The summed E-state index contributed by atoms with van der Waals surface area (Å²) in [6.07, 6.45) is 5.02. The number of alkyl carbamates (subject to hydrolysis) is 1. The van der Waals surface area contributed by atoms with E-state index in [1.54, 1.807) is 33.8 Å². The van der Waals surface area contributed by atoms with Crippen molar-refractivity contribution in [3.8, 4) is 0 Å². The number of rotatable bonds is 3. The van der Waals surface area contributed by atoms with E-state index in [1.807, 2.05) is 0 Å². The van der Waals surface area contributed by atoms with Crippen molar-refractivity contribution >= 4 is 11.9 Å². The average molecular weight is 239 g/mol. The first-order chi connectivity index (χ1) is 7.79. The summed E-state index contributed by atoms with van der Waals surface area (Å²) in [5, 5.41) is 2.71. The van der Waals surface area contributed by atoms with Gasteiger partial charge in [-0.15, -0.1) is 0 Å². The number of ether oxygens (including phenoxy) is 1. The van der Waals surface area contributed by atoms with Crippen LogP contribution >= 0.6 is 0 Å². The first-order valence-corrected chi connectivity index (χ1v) is 5.97. The van der Waals surface area contributed by atoms with E-state index in [0.717, 1.165) is 6.42 Å². The first kappa shape index (κ1) is 13.7. The summed E-state index contributed by atoms with van der Waals surface area (Å²) in [7, 11) is 0. The fourth-order valence-electron chi connectivity index (χ4n) is 1.77. The second-order valence-corrected chi connectivity index (χ2v) is 5.43. The number of hydrogen-bond acceptors (Lipinski definition) is 3. The fraction of sp³-hybridized carbons (Fsp3) is 0.692. The molecule has 96 valence electrons. The Morgan fingerprint density at radius 1 is 1.29 bits per heavy atom. The van der Waals surface area contributed by atoms with E-state index in [2.05, 4.69) is 5.32 Å². The predicted molar refractivity (Wildman–Crippen MR) is 65.8 cm³/mol. The summed E-state index contributed by atoms with van der Waals surface area (Å²) in [5.74, 6) is -0.0443. The molecule has 1 fully saturated rings. The standard InChI is InChI=1S/C13H21NO3/c1-5-7-10(15)13(8-6-9-13)14-11(16)17-12(2,3)4/h5,7H,6,8-9H2,1-4H3,(H,14,16)/b7-5+. The minimum absolute atomic E-state index is 0.0443. The molecule has 0 radical (unpaired) electrons. The van der Waals surface area contributed by atoms with Crippen LogP contribution in [0.1, 0.15) is 47.0 Å². The van der Waals surface area contributed by atoms with E-state index in [-0.39, 0.29) is 5.78 Å². The number of nitrogens with one attached hydrogen (secondary N) is 1. The van der Waals surface area contributed by atoms with E-state index in [1.165, 1.54) is 6.08 Å². The first-order valence-electron chi connectivity index (χ1n) is 5.97. The highest BCUT2D eigenvalue weighted by molar-refractivity contribution is 6.00. The maximum atomic E-state index is 11.9. The molecule has 17 heavy (non-hydrogen) atoms. The zero-order valence-corrected chi connectivity index (χ0v) is 11.0. The van der Waals surface area contributed by atoms with Gasteiger partial charge >= 0.3 is 6.09 Å². The van der Waals surface area contributed by atoms with Crippen LogP contribution in [0.4, 0.5) is 4.79 Å². The van der Waals surface area contributed by atoms with Crippen LogP contribution in [0.25, 0.3) is 0 Å². The van der Waals surface area contributed by atoms with Crippen LogP contribution in [0.15, 0.2) is 12.2 Å². The smallest absolute Gasteiger partial charge is 0.408 e. The van der Waals surface area contributed by atoms with Crippen LogP contribution in [-0.2, 0) is 9.53 Å². The Hall–Kier alpha value is -1.32. The van der Waals surface area contributed by atoms with E-state index in [9.17, 15) is 9.59 Å². The SMILES string of the molecule is C/C=C/C(=O)C1(NC(=O)OC(C)(C)C)CCC1. The molecule has 0 aromatic rings. The van der Waals surface area contributed by atoms with Crippen LogP contribution in [0.3, 0.4) is 0 Å². The molecular weight excluding hydrogens is 218 g/mol. The normalized spacial score (nSPS) is 18.6. The number of hydrogen-bond donors (Lipinski definition) is 1. The van der Waals surface area contributed by atoms with Crippen LogP contribution in [0.5, 0.6) is 0 Å². The van der Waals surface area contributed by atoms with Gasteiger partial charge in [0.25, 0.3) is 0 Å². The molecule has 0 spiro atoms. The fourth-order valence-corrected chi connectivity index (χ4v) is 1.77. The quantitative estimate of drug-likeness (QED) is 0.770. The van der Waals surface area contributed by atoms with Crippen molar-refractivity contribution in [3.63, 3.8) is 0 Å². The van der Waals surface area contributed by atoms with E-state index < -0.39 is 17.2 Å². The summed E-state index contributed by atoms with van der Waals surface area (Å²) in [6, 6.07) is 0. The summed E-state index contributed by atoms with van der Waals surface area (Å²) in [5.41, 5.74) is -1.27. The molecule has 1 N–H and O–H groups in total. The van der Waals surface area contributed by atoms with Gasteiger partial charge in [-0.05, 0) is 53.0 Å². The topological polar surface area (TPSA) is 55.4 Å². The molecule has 4 heteroatoms. The molecule has 0 bridgehead atoms. The molecule has 1 amide bonds. The van der Waals surface area contributed by atoms with Gasteiger partial charge in [-0.3, -0.25) is 4.79 Å². The third-order valence-electron chi connectivity index (χ3n) is 2.74. The lowest BCUT2D eigenvalue weighted by molar-refractivity contribution is -0.123. The molecule has 0 heterocycles. The second-order valence-electron chi connectivity index (χ2n) is 5.43. The zero-order chi connectivity index (χ0) is 13.1. The maximum Gasteiger partial charge on any atom is 0.408 e. The summed E-state index contributed by atoms with van der Waals surface area (Å²) < 4.78 is 5.17. The molecule has 0 aromatic carbocycles. The van der Waals surface area contributed by atoms with Crippen LogP contribution in [-0.4, -0.2) is 23.0 Å². The molecule has 0 atom stereocenters. The molecular formula is C13H21NO3. The van der Waals surface area contributed by atoms with Crippen molar-refractivity contribution in [2.45, 2.75) is 58.1 Å². The lowest BCUT2D eigenvalue weighted by Crippen LogP contribution is -2.59. The van der Waals surface area contributed by atoms with Gasteiger partial charge in [0.05, 0.1) is 0 Å². The van der Waals surface area contributed by atoms with Gasteiger partial charge in [-0.1, -0.05) is 6.08 Å². The predicted octanol–water partition coefficient (Wildman–Crippen LogP) is 2.58. The Bertz CT molecular complexity index is 335. The Kier molecular flexibility index (Phi) is 3.96. The molecule has 0 saturated heterocycles. The van der Waals surface area contributed by atoms with Crippen molar-refractivity contribution in [1.29, 1.82) is 0 Å². The Balaban J connectivity index is 2.64. The van der Waals surface area contributed by atoms with Gasteiger partial charge in [0.15, 0.2) is 5.78 Å². The minimum atomic E-state index is -0.727. The third-order valence-corrected chi connectivity index (χ3v) is 2.74. The van der Waals surface area contributed by atoms with Gasteiger partial charge in [-0.25, -0.2) is 4.79 Å². The van der Waals surface area contributed by atoms with E-state index >= 15 is 0 Å². The molecule has 0 aliphatic heterocycles. The Labute approximate surface area is 102 Å². The molecule has 0 aromatic heterocycles. The maximum absolute atomic E-state index is 11.9. The third kappa shape index (κ3) is 3.58. The average Bonchev–Trinajstić information content (AvgIpc) is 2.08. The molecule has 1 aliphatic carbocycles. The Morgan fingerprint density at radius 2 is 1.88 bits per heavy atom. The van der Waals surface area contributed by atoms with Gasteiger partial charge in [0, 0.05) is 0 Å². The minimum Gasteiger partial charge on any atom is -0.444 e. The number of allylic oxidation sites excluding steroid dienone is 1. The summed E-state index contributed by atoms with van der Waals surface area (Å²) in [4.78, 5) is 23.6. The van der Waals surface area contributed by atoms with Crippen LogP contribution in [0.2, 0.25) is 0 Å². The highest BCUT2D eigenvalue weighted by Gasteiger charge is 2.44. The number of carbonyl (C=O) groups is 2. The van der Waals surface area contributed by atoms with Crippen molar-refractivity contribution < 1.29 is 14.3 Å². The van der Waals surface area contributed by atoms with Gasteiger partial charge < -0.3 is 10.1 Å². The molecule has 4 nitrogen and oxygen atoms in total. The van der Waals surface area contributed by atoms with Crippen molar-refractivity contribution in [3.05, 3.63) is 12.2 Å². The molecule has 1 saturated carbocycles. The molecule has 0 unspecified atom stereocenters. The highest BCUT2D eigenvalue weighted by atomic mass is 16.6.